The Morgan fingerprint density at radius 1 is 1.06 bits per heavy atom. The van der Waals surface area contributed by atoms with Crippen molar-refractivity contribution in [3.05, 3.63) is 59.7 Å². The van der Waals surface area contributed by atoms with Gasteiger partial charge in [-0.05, 0) is 68.5 Å². The molecule has 0 saturated carbocycles. The number of fused-ring (bicyclic) bond motifs is 1. The number of carbonyl (C=O) groups is 1. The summed E-state index contributed by atoms with van der Waals surface area (Å²) in [5, 5.41) is 0. The van der Waals surface area contributed by atoms with Crippen LogP contribution in [0.25, 0.3) is 0 Å². The van der Waals surface area contributed by atoms with Crippen molar-refractivity contribution in [3.8, 4) is 11.5 Å². The molecule has 4 heteroatoms. The van der Waals surface area contributed by atoms with Gasteiger partial charge in [0, 0.05) is 6.54 Å². The first-order valence-corrected chi connectivity index (χ1v) is 11.9. The fourth-order valence-electron chi connectivity index (χ4n) is 4.72. The summed E-state index contributed by atoms with van der Waals surface area (Å²) in [6.45, 7) is 6.85. The number of Topliss-reactive ketones (excluding diaryl/α,β-unsaturated/α-hetero) is 1. The number of likely N-dealkylation sites (tertiary alicyclic amines) is 1. The van der Waals surface area contributed by atoms with E-state index in [1.54, 1.807) is 0 Å². The zero-order chi connectivity index (χ0) is 21.5. The topological polar surface area (TPSA) is 38.8 Å². The van der Waals surface area contributed by atoms with Gasteiger partial charge >= 0.3 is 0 Å². The van der Waals surface area contributed by atoms with Gasteiger partial charge in [0.05, 0.1) is 18.6 Å². The van der Waals surface area contributed by atoms with Gasteiger partial charge in [0.15, 0.2) is 5.78 Å². The summed E-state index contributed by atoms with van der Waals surface area (Å²) < 4.78 is 12.0. The normalized spacial score (nSPS) is 21.4. The molecule has 2 atom stereocenters. The third kappa shape index (κ3) is 6.10. The molecule has 4 nitrogen and oxygen atoms in total. The summed E-state index contributed by atoms with van der Waals surface area (Å²) in [4.78, 5) is 15.3. The minimum Gasteiger partial charge on any atom is -0.494 e. The molecular formula is C27H35NO3. The Hall–Kier alpha value is -2.33. The lowest BCUT2D eigenvalue weighted by Gasteiger charge is -2.30. The molecule has 0 amide bonds. The number of ketones is 1. The molecular weight excluding hydrogens is 386 g/mol. The molecule has 31 heavy (non-hydrogen) atoms. The van der Waals surface area contributed by atoms with E-state index < -0.39 is 0 Å². The third-order valence-electron chi connectivity index (χ3n) is 6.44. The van der Waals surface area contributed by atoms with E-state index in [0.29, 0.717) is 24.3 Å². The van der Waals surface area contributed by atoms with Crippen molar-refractivity contribution >= 4 is 5.78 Å². The minimum absolute atomic E-state index is 0.118. The second-order valence-corrected chi connectivity index (χ2v) is 9.11. The van der Waals surface area contributed by atoms with Gasteiger partial charge in [0.25, 0.3) is 0 Å². The Morgan fingerprint density at radius 2 is 1.90 bits per heavy atom. The molecule has 4 rings (SSSR count). The summed E-state index contributed by atoms with van der Waals surface area (Å²) in [5.41, 5.74) is 1.68. The lowest BCUT2D eigenvalue weighted by Crippen LogP contribution is -2.34. The zero-order valence-electron chi connectivity index (χ0n) is 18.7. The number of rotatable bonds is 9. The molecule has 0 radical (unpaired) electrons. The Bertz CT molecular complexity index is 851. The van der Waals surface area contributed by atoms with Crippen LogP contribution in [-0.4, -0.2) is 36.9 Å². The van der Waals surface area contributed by atoms with Gasteiger partial charge in [-0.25, -0.2) is 0 Å². The number of piperidine rings is 1. The Labute approximate surface area is 186 Å². The minimum atomic E-state index is -0.207. The lowest BCUT2D eigenvalue weighted by molar-refractivity contribution is 0.0849. The highest BCUT2D eigenvalue weighted by Gasteiger charge is 2.28. The van der Waals surface area contributed by atoms with Crippen LogP contribution >= 0.6 is 0 Å². The second-order valence-electron chi connectivity index (χ2n) is 9.11. The quantitative estimate of drug-likeness (QED) is 0.461. The summed E-state index contributed by atoms with van der Waals surface area (Å²) >= 11 is 0. The Kier molecular flexibility index (Phi) is 7.63. The van der Waals surface area contributed by atoms with Gasteiger partial charge in [0.2, 0.25) is 0 Å². The maximum atomic E-state index is 12.7. The van der Waals surface area contributed by atoms with Gasteiger partial charge in [-0.2, -0.15) is 0 Å². The fraction of sp³-hybridized carbons (Fsp3) is 0.519. The number of hydrogen-bond acceptors (Lipinski definition) is 4. The molecule has 0 bridgehead atoms. The third-order valence-corrected chi connectivity index (χ3v) is 6.44. The summed E-state index contributed by atoms with van der Waals surface area (Å²) in [6.07, 6.45) is 7.68. The van der Waals surface area contributed by atoms with E-state index in [1.807, 2.05) is 48.5 Å². The van der Waals surface area contributed by atoms with Gasteiger partial charge in [-0.1, -0.05) is 50.1 Å². The van der Waals surface area contributed by atoms with E-state index in [9.17, 15) is 4.79 Å². The maximum absolute atomic E-state index is 12.7. The largest absolute Gasteiger partial charge is 0.494 e. The molecule has 2 aliphatic rings. The molecule has 2 unspecified atom stereocenters. The summed E-state index contributed by atoms with van der Waals surface area (Å²) in [7, 11) is 0. The van der Waals surface area contributed by atoms with Crippen molar-refractivity contribution in [2.24, 2.45) is 5.92 Å². The second kappa shape index (κ2) is 10.8. The van der Waals surface area contributed by atoms with Gasteiger partial charge in [-0.15, -0.1) is 0 Å². The van der Waals surface area contributed by atoms with Crippen LogP contribution in [0.5, 0.6) is 11.5 Å². The van der Waals surface area contributed by atoms with Crippen molar-refractivity contribution in [1.29, 1.82) is 0 Å². The molecule has 0 aromatic heterocycles. The highest BCUT2D eigenvalue weighted by molar-refractivity contribution is 6.00. The van der Waals surface area contributed by atoms with Crippen LogP contribution in [0.1, 0.15) is 73.9 Å². The van der Waals surface area contributed by atoms with Crippen LogP contribution in [0.3, 0.4) is 0 Å². The standard InChI is InChI=1S/C27H35NO3/c1-21-10-9-16-28(20-21)15-7-2-3-8-17-30-23-13-14-26-24(18-23)25(29)19-27(31-26)22-11-5-4-6-12-22/h4-6,11-14,18,21,27H,2-3,7-10,15-17,19-20H2,1H3. The Balaban J connectivity index is 1.18. The molecule has 0 aliphatic carbocycles. The first kappa shape index (κ1) is 21.9. The van der Waals surface area contributed by atoms with Crippen molar-refractivity contribution < 1.29 is 14.3 Å². The van der Waals surface area contributed by atoms with Crippen LogP contribution < -0.4 is 9.47 Å². The van der Waals surface area contributed by atoms with Crippen molar-refractivity contribution in [1.82, 2.24) is 4.90 Å². The van der Waals surface area contributed by atoms with Gasteiger partial charge < -0.3 is 14.4 Å². The Morgan fingerprint density at radius 3 is 2.74 bits per heavy atom. The maximum Gasteiger partial charge on any atom is 0.170 e. The molecule has 2 aromatic rings. The van der Waals surface area contributed by atoms with Crippen LogP contribution in [-0.2, 0) is 0 Å². The first-order valence-electron chi connectivity index (χ1n) is 11.9. The van der Waals surface area contributed by atoms with Gasteiger partial charge in [-0.3, -0.25) is 4.79 Å². The van der Waals surface area contributed by atoms with E-state index in [2.05, 4.69) is 11.8 Å². The van der Waals surface area contributed by atoms with Crippen molar-refractivity contribution in [2.75, 3.05) is 26.2 Å². The van der Waals surface area contributed by atoms with Crippen LogP contribution in [0.4, 0.5) is 0 Å². The number of ether oxygens (including phenoxy) is 2. The monoisotopic (exact) mass is 421 g/mol. The molecule has 1 fully saturated rings. The van der Waals surface area contributed by atoms with Crippen LogP contribution in [0.15, 0.2) is 48.5 Å². The molecule has 2 heterocycles. The van der Waals surface area contributed by atoms with Gasteiger partial charge in [0.1, 0.15) is 17.6 Å². The molecule has 1 saturated heterocycles. The van der Waals surface area contributed by atoms with Crippen LogP contribution in [0.2, 0.25) is 0 Å². The van der Waals surface area contributed by atoms with E-state index in [0.717, 1.165) is 23.7 Å². The molecule has 166 valence electrons. The number of hydrogen-bond donors (Lipinski definition) is 0. The van der Waals surface area contributed by atoms with Crippen LogP contribution in [0, 0.1) is 5.92 Å². The molecule has 2 aliphatic heterocycles. The molecule has 0 spiro atoms. The lowest BCUT2D eigenvalue weighted by atomic mass is 9.96. The number of unbranched alkanes of at least 4 members (excludes halogenated alkanes) is 3. The predicted octanol–water partition coefficient (Wildman–Crippen LogP) is 6.06. The average Bonchev–Trinajstić information content (AvgIpc) is 2.79. The van der Waals surface area contributed by atoms with E-state index >= 15 is 0 Å². The predicted molar refractivity (Wildman–Crippen MR) is 124 cm³/mol. The van der Waals surface area contributed by atoms with E-state index in [1.165, 1.54) is 51.7 Å². The number of carbonyl (C=O) groups excluding carboxylic acids is 1. The summed E-state index contributed by atoms with van der Waals surface area (Å²) in [6, 6.07) is 15.6. The molecule has 0 N–H and O–H groups in total. The van der Waals surface area contributed by atoms with E-state index in [4.69, 9.17) is 9.47 Å². The number of benzene rings is 2. The fourth-order valence-corrected chi connectivity index (χ4v) is 4.72. The SMILES string of the molecule is CC1CCCN(CCCCCCOc2ccc3c(c2)C(=O)CC(c2ccccc2)O3)C1. The highest BCUT2D eigenvalue weighted by atomic mass is 16.5. The number of nitrogens with zero attached hydrogens (tertiary/aromatic N) is 1. The zero-order valence-corrected chi connectivity index (χ0v) is 18.7. The average molecular weight is 422 g/mol. The van der Waals surface area contributed by atoms with E-state index in [-0.39, 0.29) is 11.9 Å². The molecule has 2 aromatic carbocycles. The first-order chi connectivity index (χ1) is 15.2. The smallest absolute Gasteiger partial charge is 0.170 e. The van der Waals surface area contributed by atoms with Crippen molar-refractivity contribution in [3.63, 3.8) is 0 Å². The summed E-state index contributed by atoms with van der Waals surface area (Å²) in [5.74, 6) is 2.40. The van der Waals surface area contributed by atoms with Crippen molar-refractivity contribution in [2.45, 2.75) is 58.0 Å². The highest BCUT2D eigenvalue weighted by Crippen LogP contribution is 2.36.